The second-order valence-corrected chi connectivity index (χ2v) is 11.0. The molecule has 4 rings (SSSR count). The fourth-order valence-electron chi connectivity index (χ4n) is 4.25. The Balaban J connectivity index is 1.82. The van der Waals surface area contributed by atoms with Gasteiger partial charge in [-0.2, -0.15) is 23.3 Å². The van der Waals surface area contributed by atoms with E-state index in [1.54, 1.807) is 31.3 Å². The van der Waals surface area contributed by atoms with Crippen molar-refractivity contribution >= 4 is 21.4 Å². The van der Waals surface area contributed by atoms with Gasteiger partial charge in [-0.25, -0.2) is 18.1 Å². The zero-order chi connectivity index (χ0) is 25.4. The molecule has 1 aliphatic rings. The van der Waals surface area contributed by atoms with Crippen molar-refractivity contribution in [3.05, 3.63) is 58.5 Å². The molecule has 0 bridgehead atoms. The lowest BCUT2D eigenvalue weighted by Crippen LogP contribution is -2.28. The Morgan fingerprint density at radius 1 is 1.11 bits per heavy atom. The predicted octanol–water partition coefficient (Wildman–Crippen LogP) is 5.76. The first kappa shape index (κ1) is 25.4. The van der Waals surface area contributed by atoms with Gasteiger partial charge in [0.15, 0.2) is 0 Å². The highest BCUT2D eigenvalue weighted by atomic mass is 35.5. The number of sulfone groups is 1. The largest absolute Gasteiger partial charge is 0.459 e. The van der Waals surface area contributed by atoms with E-state index in [1.165, 1.54) is 10.7 Å². The summed E-state index contributed by atoms with van der Waals surface area (Å²) in [5.41, 5.74) is 1.63. The van der Waals surface area contributed by atoms with Gasteiger partial charge in [0.05, 0.1) is 11.4 Å². The van der Waals surface area contributed by atoms with Gasteiger partial charge in [0.2, 0.25) is 21.8 Å². The normalized spacial score (nSPS) is 16.3. The molecule has 7 nitrogen and oxygen atoms in total. The van der Waals surface area contributed by atoms with E-state index in [-0.39, 0.29) is 22.3 Å². The number of hydrogen-bond donors (Lipinski definition) is 0. The molecule has 3 aromatic rings. The summed E-state index contributed by atoms with van der Waals surface area (Å²) in [5, 5.41) is 3.25. The number of rotatable bonds is 6. The van der Waals surface area contributed by atoms with Crippen molar-refractivity contribution in [2.45, 2.75) is 62.4 Å². The molecular weight excluding hydrogens is 505 g/mol. The fourth-order valence-corrected chi connectivity index (χ4v) is 4.99. The molecule has 1 aliphatic carbocycles. The van der Waals surface area contributed by atoms with E-state index in [2.05, 4.69) is 15.1 Å². The van der Waals surface area contributed by atoms with Gasteiger partial charge in [-0.3, -0.25) is 0 Å². The first-order valence-corrected chi connectivity index (χ1v) is 13.3. The maximum atomic E-state index is 14.3. The topological polar surface area (TPSA) is 87.0 Å². The molecule has 1 atom stereocenters. The highest BCUT2D eigenvalue weighted by molar-refractivity contribution is 7.90. The lowest BCUT2D eigenvalue weighted by Gasteiger charge is -2.26. The Morgan fingerprint density at radius 2 is 1.83 bits per heavy atom. The van der Waals surface area contributed by atoms with Crippen molar-refractivity contribution in [3.63, 3.8) is 0 Å². The van der Waals surface area contributed by atoms with Gasteiger partial charge in [-0.1, -0.05) is 43.0 Å². The molecule has 0 spiro atoms. The number of aromatic nitrogens is 4. The van der Waals surface area contributed by atoms with Crippen LogP contribution in [0, 0.1) is 6.92 Å². The van der Waals surface area contributed by atoms with Gasteiger partial charge in [0.1, 0.15) is 5.15 Å². The van der Waals surface area contributed by atoms with Crippen LogP contribution >= 0.6 is 11.6 Å². The molecule has 0 N–H and O–H groups in total. The SMILES string of the molecule is Cc1ccn(-c2cc(C3CCCCC3)ccc2[C@@H](Oc2cc(Cl)nc(S(C)(=O)=O)n2)C(F)(F)F)n1. The van der Waals surface area contributed by atoms with Crippen LogP contribution in [0.25, 0.3) is 5.69 Å². The lowest BCUT2D eigenvalue weighted by molar-refractivity contribution is -0.198. The Kier molecular flexibility index (Phi) is 7.10. The summed E-state index contributed by atoms with van der Waals surface area (Å²) < 4.78 is 73.4. The molecule has 12 heteroatoms. The molecule has 0 radical (unpaired) electrons. The molecule has 0 amide bonds. The maximum absolute atomic E-state index is 14.3. The van der Waals surface area contributed by atoms with Crippen LogP contribution in [-0.4, -0.2) is 40.6 Å². The summed E-state index contributed by atoms with van der Waals surface area (Å²) in [7, 11) is -3.93. The molecule has 188 valence electrons. The second-order valence-electron chi connectivity index (χ2n) is 8.68. The average Bonchev–Trinajstić information content (AvgIpc) is 3.22. The van der Waals surface area contributed by atoms with Crippen molar-refractivity contribution in [1.29, 1.82) is 0 Å². The number of benzene rings is 1. The first-order chi connectivity index (χ1) is 16.4. The zero-order valence-electron chi connectivity index (χ0n) is 19.1. The van der Waals surface area contributed by atoms with Crippen LogP contribution in [0.2, 0.25) is 5.15 Å². The average molecular weight is 529 g/mol. The fraction of sp³-hybridized carbons (Fsp3) is 0.435. The van der Waals surface area contributed by atoms with E-state index < -0.39 is 33.2 Å². The van der Waals surface area contributed by atoms with E-state index in [1.807, 2.05) is 0 Å². The highest BCUT2D eigenvalue weighted by Gasteiger charge is 2.45. The minimum atomic E-state index is -4.86. The summed E-state index contributed by atoms with van der Waals surface area (Å²) >= 11 is 5.85. The van der Waals surface area contributed by atoms with Crippen LogP contribution in [0.4, 0.5) is 13.2 Å². The molecule has 1 saturated carbocycles. The van der Waals surface area contributed by atoms with Gasteiger partial charge in [0.25, 0.3) is 5.16 Å². The molecule has 1 fully saturated rings. The number of hydrogen-bond acceptors (Lipinski definition) is 6. The van der Waals surface area contributed by atoms with Crippen LogP contribution in [0.5, 0.6) is 5.88 Å². The van der Waals surface area contributed by atoms with E-state index in [0.29, 0.717) is 5.69 Å². The minimum absolute atomic E-state index is 0.184. The molecule has 2 heterocycles. The summed E-state index contributed by atoms with van der Waals surface area (Å²) in [4.78, 5) is 7.22. The molecule has 0 aliphatic heterocycles. The van der Waals surface area contributed by atoms with E-state index in [0.717, 1.165) is 50.0 Å². The van der Waals surface area contributed by atoms with Gasteiger partial charge < -0.3 is 4.74 Å². The molecule has 0 saturated heterocycles. The molecule has 2 aromatic heterocycles. The van der Waals surface area contributed by atoms with E-state index >= 15 is 0 Å². The number of aryl methyl sites for hydroxylation is 1. The van der Waals surface area contributed by atoms with E-state index in [4.69, 9.17) is 16.3 Å². The van der Waals surface area contributed by atoms with Crippen molar-refractivity contribution < 1.29 is 26.3 Å². The van der Waals surface area contributed by atoms with Crippen LogP contribution in [-0.2, 0) is 9.84 Å². The molecule has 1 aromatic carbocycles. The Morgan fingerprint density at radius 3 is 2.43 bits per heavy atom. The number of ether oxygens (including phenoxy) is 1. The quantitative estimate of drug-likeness (QED) is 0.299. The van der Waals surface area contributed by atoms with Crippen molar-refractivity contribution in [2.75, 3.05) is 6.26 Å². The molecular formula is C23H24ClF3N4O3S. The van der Waals surface area contributed by atoms with Crippen LogP contribution in [0.3, 0.4) is 0 Å². The summed E-state index contributed by atoms with van der Waals surface area (Å²) in [6.45, 7) is 1.74. The summed E-state index contributed by atoms with van der Waals surface area (Å²) in [6.07, 6.45) is 0.366. The summed E-state index contributed by atoms with van der Waals surface area (Å²) in [5.74, 6) is -0.344. The third-order valence-corrected chi connectivity index (χ3v) is 6.94. The van der Waals surface area contributed by atoms with Crippen molar-refractivity contribution in [2.24, 2.45) is 0 Å². The van der Waals surface area contributed by atoms with Gasteiger partial charge in [-0.05, 0) is 43.4 Å². The monoisotopic (exact) mass is 528 g/mol. The van der Waals surface area contributed by atoms with E-state index in [9.17, 15) is 21.6 Å². The zero-order valence-corrected chi connectivity index (χ0v) is 20.7. The maximum Gasteiger partial charge on any atom is 0.429 e. The van der Waals surface area contributed by atoms with Gasteiger partial charge in [0, 0.05) is 24.1 Å². The number of nitrogens with zero attached hydrogens (tertiary/aromatic N) is 4. The standard InChI is InChI=1S/C23H24ClF3N4O3S/c1-14-10-11-31(30-14)18-12-16(15-6-4-3-5-7-15)8-9-17(18)21(23(25,26)27)34-20-13-19(24)28-22(29-20)35(2,32)33/h8-13,15,21H,3-7H2,1-2H3/t21-/m1/s1. The minimum Gasteiger partial charge on any atom is -0.459 e. The Labute approximate surface area is 206 Å². The van der Waals surface area contributed by atoms with Gasteiger partial charge in [-0.15, -0.1) is 0 Å². The Hall–Kier alpha value is -2.66. The predicted molar refractivity (Wildman–Crippen MR) is 124 cm³/mol. The lowest BCUT2D eigenvalue weighted by atomic mass is 9.83. The first-order valence-electron chi connectivity index (χ1n) is 11.1. The third kappa shape index (κ3) is 5.95. The van der Waals surface area contributed by atoms with Crippen molar-refractivity contribution in [1.82, 2.24) is 19.7 Å². The Bertz CT molecular complexity index is 1320. The van der Waals surface area contributed by atoms with Gasteiger partial charge >= 0.3 is 6.18 Å². The van der Waals surface area contributed by atoms with Crippen molar-refractivity contribution in [3.8, 4) is 11.6 Å². The smallest absolute Gasteiger partial charge is 0.429 e. The molecule has 0 unspecified atom stereocenters. The highest BCUT2D eigenvalue weighted by Crippen LogP contribution is 2.41. The second kappa shape index (κ2) is 9.77. The number of alkyl halides is 3. The number of halogens is 4. The molecule has 35 heavy (non-hydrogen) atoms. The third-order valence-electron chi connectivity index (χ3n) is 5.90. The van der Waals surface area contributed by atoms with Crippen LogP contribution in [0.15, 0.2) is 41.7 Å². The van der Waals surface area contributed by atoms with Crippen LogP contribution in [0.1, 0.15) is 60.9 Å². The summed E-state index contributed by atoms with van der Waals surface area (Å²) in [6, 6.07) is 7.47. The van der Waals surface area contributed by atoms with Crippen LogP contribution < -0.4 is 4.74 Å².